The Morgan fingerprint density at radius 2 is 1.87 bits per heavy atom. The summed E-state index contributed by atoms with van der Waals surface area (Å²) in [5.41, 5.74) is 2.13. The van der Waals surface area contributed by atoms with Crippen LogP contribution in [-0.4, -0.2) is 51.2 Å². The number of hydrogen-bond acceptors (Lipinski definition) is 5. The number of rotatable bonds is 8. The first-order valence-electron chi connectivity index (χ1n) is 9.31. The Labute approximate surface area is 194 Å². The number of carbonyl (C=O) groups excluding carboxylic acids is 1. The lowest BCUT2D eigenvalue weighted by Crippen LogP contribution is -2.41. The van der Waals surface area contributed by atoms with Gasteiger partial charge in [-0.25, -0.2) is 13.4 Å². The van der Waals surface area contributed by atoms with E-state index in [-0.39, 0.29) is 29.9 Å². The molecule has 3 N–H and O–H groups in total. The number of aliphatic imine (C=N–C) groups is 1. The van der Waals surface area contributed by atoms with E-state index in [1.807, 2.05) is 13.0 Å². The first-order chi connectivity index (χ1) is 13.8. The molecule has 0 aliphatic rings. The second kappa shape index (κ2) is 12.5. The van der Waals surface area contributed by atoms with Crippen molar-refractivity contribution in [2.45, 2.75) is 25.3 Å². The Morgan fingerprint density at radius 3 is 2.47 bits per heavy atom. The largest absolute Gasteiger partial charge is 0.357 e. The Morgan fingerprint density at radius 1 is 1.13 bits per heavy atom. The lowest BCUT2D eigenvalue weighted by atomic mass is 10.1. The minimum Gasteiger partial charge on any atom is -0.357 e. The number of carbonyl (C=O) groups is 1. The summed E-state index contributed by atoms with van der Waals surface area (Å²) in [7, 11) is -3.23. The van der Waals surface area contributed by atoms with E-state index in [9.17, 15) is 13.2 Å². The maximum atomic E-state index is 12.0. The van der Waals surface area contributed by atoms with Crippen LogP contribution in [0.1, 0.15) is 28.4 Å². The molecular weight excluding hydrogens is 517 g/mol. The van der Waals surface area contributed by atoms with Gasteiger partial charge in [0.2, 0.25) is 0 Å². The van der Waals surface area contributed by atoms with Gasteiger partial charge in [0.05, 0.1) is 17.0 Å². The van der Waals surface area contributed by atoms with E-state index < -0.39 is 9.84 Å². The third-order valence-electron chi connectivity index (χ3n) is 4.03. The number of sulfone groups is 1. The topological polar surface area (TPSA) is 113 Å². The average Bonchev–Trinajstić information content (AvgIpc) is 2.68. The van der Waals surface area contributed by atoms with Gasteiger partial charge in [-0.15, -0.1) is 24.0 Å². The molecule has 0 bridgehead atoms. The summed E-state index contributed by atoms with van der Waals surface area (Å²) in [6.07, 6.45) is 4.34. The first-order valence-corrected chi connectivity index (χ1v) is 11.2. The monoisotopic (exact) mass is 545 g/mol. The molecule has 2 rings (SSSR count). The summed E-state index contributed by atoms with van der Waals surface area (Å²) in [5.74, 6) is 0.441. The zero-order valence-corrected chi connectivity index (χ0v) is 20.5. The van der Waals surface area contributed by atoms with Gasteiger partial charge in [0, 0.05) is 38.3 Å². The van der Waals surface area contributed by atoms with Gasteiger partial charge in [-0.2, -0.15) is 0 Å². The van der Waals surface area contributed by atoms with Crippen molar-refractivity contribution in [2.24, 2.45) is 4.99 Å². The number of pyridine rings is 1. The van der Waals surface area contributed by atoms with Crippen molar-refractivity contribution in [1.82, 2.24) is 20.9 Å². The molecule has 1 aromatic heterocycles. The van der Waals surface area contributed by atoms with Crippen molar-refractivity contribution in [1.29, 1.82) is 0 Å². The van der Waals surface area contributed by atoms with Gasteiger partial charge < -0.3 is 16.0 Å². The van der Waals surface area contributed by atoms with Crippen molar-refractivity contribution in [3.05, 3.63) is 59.4 Å². The van der Waals surface area contributed by atoms with E-state index >= 15 is 0 Å². The molecular formula is C20H28IN5O3S. The molecule has 164 valence electrons. The quantitative estimate of drug-likeness (QED) is 0.202. The lowest BCUT2D eigenvalue weighted by Gasteiger charge is -2.12. The number of aryl methyl sites for hydroxylation is 1. The van der Waals surface area contributed by atoms with Crippen LogP contribution in [0.2, 0.25) is 0 Å². The summed E-state index contributed by atoms with van der Waals surface area (Å²) >= 11 is 0. The standard InChI is InChI=1S/C20H27N5O3S.HI/c1-4-22-20(24-11-10-23-19(26)17-6-5-9-21-14-17)25-13-16-7-8-18(15(2)12-16)29(3,27)28;/h5-9,12,14H,4,10-11,13H2,1-3H3,(H,23,26)(H2,22,24,25);1H. The van der Waals surface area contributed by atoms with Gasteiger partial charge >= 0.3 is 0 Å². The Bertz CT molecular complexity index is 966. The minimum absolute atomic E-state index is 0. The number of guanidine groups is 1. The molecule has 0 saturated heterocycles. The van der Waals surface area contributed by atoms with Gasteiger partial charge in [-0.1, -0.05) is 12.1 Å². The molecule has 10 heteroatoms. The maximum Gasteiger partial charge on any atom is 0.252 e. The highest BCUT2D eigenvalue weighted by Crippen LogP contribution is 2.17. The van der Waals surface area contributed by atoms with Crippen molar-refractivity contribution in [3.63, 3.8) is 0 Å². The molecule has 0 radical (unpaired) electrons. The molecule has 1 amide bonds. The van der Waals surface area contributed by atoms with Crippen LogP contribution in [0, 0.1) is 6.92 Å². The Kier molecular flexibility index (Phi) is 10.7. The lowest BCUT2D eigenvalue weighted by molar-refractivity contribution is 0.0954. The normalized spacial score (nSPS) is 11.4. The zero-order valence-electron chi connectivity index (χ0n) is 17.3. The Hall–Kier alpha value is -2.21. The van der Waals surface area contributed by atoms with E-state index in [1.165, 1.54) is 12.5 Å². The fourth-order valence-electron chi connectivity index (χ4n) is 2.69. The summed E-state index contributed by atoms with van der Waals surface area (Å²) in [6, 6.07) is 8.64. The van der Waals surface area contributed by atoms with Crippen LogP contribution < -0.4 is 16.0 Å². The van der Waals surface area contributed by atoms with E-state index in [0.717, 1.165) is 5.56 Å². The number of nitrogens with one attached hydrogen (secondary N) is 3. The SMILES string of the molecule is CCNC(=NCc1ccc(S(C)(=O)=O)c(C)c1)NCCNC(=O)c1cccnc1.I. The number of aromatic nitrogens is 1. The molecule has 0 fully saturated rings. The van der Waals surface area contributed by atoms with E-state index in [4.69, 9.17) is 0 Å². The average molecular weight is 545 g/mol. The highest BCUT2D eigenvalue weighted by molar-refractivity contribution is 14.0. The van der Waals surface area contributed by atoms with Crippen LogP contribution in [-0.2, 0) is 16.4 Å². The van der Waals surface area contributed by atoms with Crippen LogP contribution in [0.3, 0.4) is 0 Å². The van der Waals surface area contributed by atoms with Crippen LogP contribution in [0.25, 0.3) is 0 Å². The molecule has 0 unspecified atom stereocenters. The third kappa shape index (κ3) is 8.27. The molecule has 1 aromatic carbocycles. The predicted octanol–water partition coefficient (Wildman–Crippen LogP) is 1.90. The minimum atomic E-state index is -3.23. The predicted molar refractivity (Wildman–Crippen MR) is 129 cm³/mol. The fourth-order valence-corrected chi connectivity index (χ4v) is 3.65. The molecule has 0 aliphatic carbocycles. The molecule has 0 saturated carbocycles. The molecule has 30 heavy (non-hydrogen) atoms. The van der Waals surface area contributed by atoms with Crippen molar-refractivity contribution in [3.8, 4) is 0 Å². The second-order valence-corrected chi connectivity index (χ2v) is 8.48. The van der Waals surface area contributed by atoms with Crippen molar-refractivity contribution < 1.29 is 13.2 Å². The van der Waals surface area contributed by atoms with Crippen LogP contribution in [0.15, 0.2) is 52.6 Å². The smallest absolute Gasteiger partial charge is 0.252 e. The fraction of sp³-hybridized carbons (Fsp3) is 0.350. The van der Waals surface area contributed by atoms with Crippen LogP contribution in [0.4, 0.5) is 0 Å². The maximum absolute atomic E-state index is 12.0. The Balaban J connectivity index is 0.00000450. The first kappa shape index (κ1) is 25.8. The number of amides is 1. The number of halogens is 1. The van der Waals surface area contributed by atoms with Gasteiger partial charge in [0.25, 0.3) is 5.91 Å². The zero-order chi connectivity index (χ0) is 21.3. The molecule has 8 nitrogen and oxygen atoms in total. The van der Waals surface area contributed by atoms with Gasteiger partial charge in [-0.3, -0.25) is 9.78 Å². The van der Waals surface area contributed by atoms with Crippen molar-refractivity contribution >= 4 is 45.7 Å². The van der Waals surface area contributed by atoms with Gasteiger partial charge in [0.1, 0.15) is 0 Å². The molecule has 0 spiro atoms. The summed E-state index contributed by atoms with van der Waals surface area (Å²) in [4.78, 5) is 20.8. The number of nitrogens with zero attached hydrogens (tertiary/aromatic N) is 2. The second-order valence-electron chi connectivity index (χ2n) is 6.49. The molecule has 2 aromatic rings. The van der Waals surface area contributed by atoms with Gasteiger partial charge in [-0.05, 0) is 43.2 Å². The highest BCUT2D eigenvalue weighted by Gasteiger charge is 2.10. The molecule has 0 atom stereocenters. The third-order valence-corrected chi connectivity index (χ3v) is 5.29. The molecule has 0 aliphatic heterocycles. The van der Waals surface area contributed by atoms with E-state index in [0.29, 0.717) is 48.2 Å². The van der Waals surface area contributed by atoms with Crippen molar-refractivity contribution in [2.75, 3.05) is 25.9 Å². The summed E-state index contributed by atoms with van der Waals surface area (Å²) in [6.45, 7) is 5.77. The number of benzene rings is 1. The van der Waals surface area contributed by atoms with Crippen LogP contribution >= 0.6 is 24.0 Å². The van der Waals surface area contributed by atoms with E-state index in [1.54, 1.807) is 37.4 Å². The molecule has 1 heterocycles. The summed E-state index contributed by atoms with van der Waals surface area (Å²) < 4.78 is 23.4. The highest BCUT2D eigenvalue weighted by atomic mass is 127. The van der Waals surface area contributed by atoms with Gasteiger partial charge in [0.15, 0.2) is 15.8 Å². The van der Waals surface area contributed by atoms with E-state index in [2.05, 4.69) is 25.9 Å². The summed E-state index contributed by atoms with van der Waals surface area (Å²) in [5, 5.41) is 9.12. The van der Waals surface area contributed by atoms with Crippen LogP contribution in [0.5, 0.6) is 0 Å². The number of hydrogen-bond donors (Lipinski definition) is 3.